The molecule has 0 spiro atoms. The van der Waals surface area contributed by atoms with Crippen LogP contribution in [0.3, 0.4) is 0 Å². The molecule has 2 aromatic rings. The molecule has 0 saturated carbocycles. The van der Waals surface area contributed by atoms with Crippen LogP contribution in [-0.4, -0.2) is 39.3 Å². The highest BCUT2D eigenvalue weighted by molar-refractivity contribution is 6.62. The van der Waals surface area contributed by atoms with Crippen LogP contribution in [0.2, 0.25) is 0 Å². The Bertz CT molecular complexity index is 927. The largest absolute Gasteiger partial charge is 0.438 e. The third-order valence-corrected chi connectivity index (χ3v) is 5.56. The van der Waals surface area contributed by atoms with E-state index in [0.29, 0.717) is 12.8 Å². The van der Waals surface area contributed by atoms with Gasteiger partial charge in [-0.2, -0.15) is 0 Å². The third kappa shape index (κ3) is 4.17. The number of fused-ring (bicyclic) bond motifs is 2. The second-order valence-electron chi connectivity index (χ2n) is 7.25. The van der Waals surface area contributed by atoms with Gasteiger partial charge in [0.1, 0.15) is 22.9 Å². The molecule has 2 bridgehead atoms. The zero-order chi connectivity index (χ0) is 20.5. The molecule has 29 heavy (non-hydrogen) atoms. The molecule has 9 heteroatoms. The van der Waals surface area contributed by atoms with Gasteiger partial charge in [-0.3, -0.25) is 9.59 Å². The zero-order valence-corrected chi connectivity index (χ0v) is 16.0. The molecule has 1 unspecified atom stereocenters. The molecule has 0 radical (unpaired) electrons. The summed E-state index contributed by atoms with van der Waals surface area (Å²) in [5.74, 6) is -1.44. The number of benzene rings is 1. The number of pyridine rings is 1. The van der Waals surface area contributed by atoms with Gasteiger partial charge in [-0.15, -0.1) is 0 Å². The minimum Gasteiger partial charge on any atom is -0.438 e. The summed E-state index contributed by atoms with van der Waals surface area (Å²) in [5, 5.41) is 2.43. The Kier molecular flexibility index (Phi) is 5.36. The van der Waals surface area contributed by atoms with Crippen molar-refractivity contribution in [1.29, 1.82) is 0 Å². The summed E-state index contributed by atoms with van der Waals surface area (Å²) in [6, 6.07) is 6.05. The first kappa shape index (κ1) is 19.6. The molecule has 2 aliphatic rings. The standard InChI is InChI=1S/C20H18ClF2N3O3/c21-20(28)26-14-3-4-15(26)9-13(8-14)25-18(27)17-7-12(23)10-24-19(17)29-16-5-1-11(22)2-6-16/h1-2,5-7,10,13-15H,3-4,8-9H2,(H,25,27)/t13?,14-,15+. The fourth-order valence-electron chi connectivity index (χ4n) is 4.13. The molecule has 3 heterocycles. The van der Waals surface area contributed by atoms with Gasteiger partial charge in [0, 0.05) is 18.1 Å². The van der Waals surface area contributed by atoms with Crippen molar-refractivity contribution in [2.75, 3.05) is 0 Å². The van der Waals surface area contributed by atoms with Crippen LogP contribution in [-0.2, 0) is 0 Å². The number of hydrogen-bond donors (Lipinski definition) is 1. The highest BCUT2D eigenvalue weighted by Crippen LogP contribution is 2.37. The van der Waals surface area contributed by atoms with Crippen molar-refractivity contribution in [2.45, 2.75) is 43.8 Å². The Balaban J connectivity index is 1.49. The number of carbonyl (C=O) groups excluding carboxylic acids is 2. The lowest BCUT2D eigenvalue weighted by Crippen LogP contribution is -2.51. The Morgan fingerprint density at radius 1 is 1.10 bits per heavy atom. The molecular weight excluding hydrogens is 404 g/mol. The first-order valence-corrected chi connectivity index (χ1v) is 9.66. The number of nitrogens with zero attached hydrogens (tertiary/aromatic N) is 2. The third-order valence-electron chi connectivity index (χ3n) is 5.36. The van der Waals surface area contributed by atoms with E-state index in [1.165, 1.54) is 24.3 Å². The van der Waals surface area contributed by atoms with Gasteiger partial charge in [0.2, 0.25) is 5.88 Å². The Morgan fingerprint density at radius 2 is 1.76 bits per heavy atom. The van der Waals surface area contributed by atoms with Crippen molar-refractivity contribution in [2.24, 2.45) is 0 Å². The van der Waals surface area contributed by atoms with Crippen LogP contribution >= 0.6 is 11.6 Å². The average Bonchev–Trinajstić information content (AvgIpc) is 2.96. The molecule has 1 N–H and O–H groups in total. The SMILES string of the molecule is O=C(NC1C[C@H]2CC[C@@H](C1)N2C(=O)Cl)c1cc(F)cnc1Oc1ccc(F)cc1. The summed E-state index contributed by atoms with van der Waals surface area (Å²) >= 11 is 5.67. The molecule has 4 rings (SSSR count). The first-order valence-electron chi connectivity index (χ1n) is 9.28. The number of carbonyl (C=O) groups is 2. The fraction of sp³-hybridized carbons (Fsp3) is 0.350. The van der Waals surface area contributed by atoms with E-state index in [-0.39, 0.29) is 35.3 Å². The molecule has 3 atom stereocenters. The van der Waals surface area contributed by atoms with Crippen molar-refractivity contribution in [3.63, 3.8) is 0 Å². The summed E-state index contributed by atoms with van der Waals surface area (Å²) in [5.41, 5.74) is -0.0579. The Hall–Kier alpha value is -2.74. The lowest BCUT2D eigenvalue weighted by atomic mass is 9.97. The quantitative estimate of drug-likeness (QED) is 0.592. The zero-order valence-electron chi connectivity index (χ0n) is 15.3. The van der Waals surface area contributed by atoms with E-state index in [0.717, 1.165) is 25.1 Å². The second kappa shape index (κ2) is 7.94. The van der Waals surface area contributed by atoms with Gasteiger partial charge >= 0.3 is 5.37 Å². The van der Waals surface area contributed by atoms with Crippen LogP contribution in [0.15, 0.2) is 36.5 Å². The van der Waals surface area contributed by atoms with Crippen LogP contribution in [0.25, 0.3) is 0 Å². The van der Waals surface area contributed by atoms with Crippen molar-refractivity contribution in [3.8, 4) is 11.6 Å². The van der Waals surface area contributed by atoms with Crippen LogP contribution in [0.4, 0.5) is 13.6 Å². The topological polar surface area (TPSA) is 71.5 Å². The van der Waals surface area contributed by atoms with Crippen LogP contribution < -0.4 is 10.1 Å². The predicted octanol–water partition coefficient (Wildman–Crippen LogP) is 4.24. The van der Waals surface area contributed by atoms with E-state index in [2.05, 4.69) is 10.3 Å². The van der Waals surface area contributed by atoms with E-state index < -0.39 is 22.9 Å². The molecule has 2 saturated heterocycles. The minimum atomic E-state index is -0.677. The van der Waals surface area contributed by atoms with Crippen molar-refractivity contribution in [1.82, 2.24) is 15.2 Å². The number of halogens is 3. The van der Waals surface area contributed by atoms with Crippen LogP contribution in [0.1, 0.15) is 36.0 Å². The molecule has 2 aliphatic heterocycles. The molecule has 1 aromatic carbocycles. The molecule has 2 amide bonds. The van der Waals surface area contributed by atoms with E-state index in [1.807, 2.05) is 0 Å². The summed E-state index contributed by atoms with van der Waals surface area (Å²) in [7, 11) is 0. The van der Waals surface area contributed by atoms with Gasteiger partial charge in [0.05, 0.1) is 6.20 Å². The fourth-order valence-corrected chi connectivity index (χ4v) is 4.41. The summed E-state index contributed by atoms with van der Waals surface area (Å²) in [6.45, 7) is 0. The van der Waals surface area contributed by atoms with Crippen LogP contribution in [0.5, 0.6) is 11.6 Å². The summed E-state index contributed by atoms with van der Waals surface area (Å²) in [4.78, 5) is 30.0. The lowest BCUT2D eigenvalue weighted by molar-refractivity contribution is 0.0892. The highest BCUT2D eigenvalue weighted by Gasteiger charge is 2.43. The van der Waals surface area contributed by atoms with Gasteiger partial charge in [-0.05, 0) is 67.6 Å². The van der Waals surface area contributed by atoms with Crippen molar-refractivity contribution in [3.05, 3.63) is 53.7 Å². The molecule has 0 aliphatic carbocycles. The average molecular weight is 422 g/mol. The van der Waals surface area contributed by atoms with Crippen molar-refractivity contribution < 1.29 is 23.1 Å². The highest BCUT2D eigenvalue weighted by atomic mass is 35.5. The number of piperidine rings is 1. The molecular formula is C20H18ClF2N3O3. The van der Waals surface area contributed by atoms with Gasteiger partial charge in [-0.1, -0.05) is 0 Å². The minimum absolute atomic E-state index is 0.00961. The number of ether oxygens (including phenoxy) is 1. The van der Waals surface area contributed by atoms with Gasteiger partial charge in [0.15, 0.2) is 0 Å². The number of aromatic nitrogens is 1. The normalized spacial score (nSPS) is 23.0. The first-order chi connectivity index (χ1) is 13.9. The van der Waals surface area contributed by atoms with E-state index in [4.69, 9.17) is 16.3 Å². The second-order valence-corrected chi connectivity index (χ2v) is 7.57. The Morgan fingerprint density at radius 3 is 2.38 bits per heavy atom. The molecule has 2 fully saturated rings. The van der Waals surface area contributed by atoms with Crippen LogP contribution in [0, 0.1) is 11.6 Å². The van der Waals surface area contributed by atoms with E-state index in [9.17, 15) is 18.4 Å². The number of hydrogen-bond acceptors (Lipinski definition) is 4. The lowest BCUT2D eigenvalue weighted by Gasteiger charge is -2.37. The molecule has 1 aromatic heterocycles. The summed E-state index contributed by atoms with van der Waals surface area (Å²) in [6.07, 6.45) is 3.79. The number of nitrogens with one attached hydrogen (secondary N) is 1. The smallest absolute Gasteiger partial charge is 0.316 e. The monoisotopic (exact) mass is 421 g/mol. The van der Waals surface area contributed by atoms with Crippen molar-refractivity contribution >= 4 is 22.9 Å². The maximum Gasteiger partial charge on any atom is 0.316 e. The maximum atomic E-state index is 13.7. The maximum absolute atomic E-state index is 13.7. The molecule has 6 nitrogen and oxygen atoms in total. The van der Waals surface area contributed by atoms with Gasteiger partial charge in [-0.25, -0.2) is 13.8 Å². The van der Waals surface area contributed by atoms with Gasteiger partial charge in [0.25, 0.3) is 5.91 Å². The Labute approximate surface area is 170 Å². The van der Waals surface area contributed by atoms with E-state index >= 15 is 0 Å². The summed E-state index contributed by atoms with van der Waals surface area (Å²) < 4.78 is 32.4. The van der Waals surface area contributed by atoms with Gasteiger partial charge < -0.3 is 15.0 Å². The number of rotatable bonds is 4. The predicted molar refractivity (Wildman–Crippen MR) is 101 cm³/mol. The van der Waals surface area contributed by atoms with E-state index in [1.54, 1.807) is 4.90 Å². The molecule has 152 valence electrons. The number of amides is 2.